The van der Waals surface area contributed by atoms with Crippen LogP contribution in [0, 0.1) is 17.0 Å². The Kier molecular flexibility index (Phi) is 5.96. The molecule has 0 atom stereocenters. The molecular formula is C11H9KN4O4. The van der Waals surface area contributed by atoms with E-state index in [0.717, 1.165) is 0 Å². The average Bonchev–Trinajstić information content (AvgIpc) is 2.76. The Labute approximate surface area is 156 Å². The van der Waals surface area contributed by atoms with Crippen molar-refractivity contribution in [3.05, 3.63) is 39.7 Å². The van der Waals surface area contributed by atoms with Crippen LogP contribution in [0.15, 0.2) is 18.2 Å². The van der Waals surface area contributed by atoms with E-state index in [-0.39, 0.29) is 75.1 Å². The standard InChI is InChI=1S/C11H10N4O4.K/c1-6-2-3-7(4-8(6)15(18)19)11-12-9(13-14-11)5-10(16)17;/h2-4H,5H2,1H3,(H,16,17)(H,12,13,14);/q;+1/p-1. The van der Waals surface area contributed by atoms with Crippen molar-refractivity contribution >= 4 is 11.7 Å². The Hall–Kier alpha value is -1.13. The molecule has 1 heterocycles. The van der Waals surface area contributed by atoms with Crippen LogP contribution in [0.1, 0.15) is 11.4 Å². The Morgan fingerprint density at radius 2 is 2.15 bits per heavy atom. The van der Waals surface area contributed by atoms with E-state index in [0.29, 0.717) is 11.1 Å². The van der Waals surface area contributed by atoms with Crippen molar-refractivity contribution in [2.75, 3.05) is 0 Å². The molecule has 0 unspecified atom stereocenters. The van der Waals surface area contributed by atoms with Crippen molar-refractivity contribution < 1.29 is 66.2 Å². The Morgan fingerprint density at radius 3 is 2.75 bits per heavy atom. The summed E-state index contributed by atoms with van der Waals surface area (Å²) in [4.78, 5) is 24.7. The number of carboxylic acid groups (broad SMARTS) is 1. The molecule has 8 nitrogen and oxygen atoms in total. The van der Waals surface area contributed by atoms with Gasteiger partial charge in [0.05, 0.1) is 4.92 Å². The van der Waals surface area contributed by atoms with Crippen LogP contribution in [0.25, 0.3) is 11.4 Å². The van der Waals surface area contributed by atoms with E-state index in [4.69, 9.17) is 0 Å². The third-order valence-corrected chi connectivity index (χ3v) is 2.51. The SMILES string of the molecule is Cc1ccc(-c2n[nH]c(CC(=O)[O-])n2)cc1[N+](=O)[O-].[K+]. The minimum atomic E-state index is -1.28. The number of nitro groups is 1. The zero-order chi connectivity index (χ0) is 14.0. The second kappa shape index (κ2) is 7.04. The Balaban J connectivity index is 0.00000200. The first-order valence-electron chi connectivity index (χ1n) is 5.34. The van der Waals surface area contributed by atoms with Crippen LogP contribution in [-0.2, 0) is 11.2 Å². The fourth-order valence-electron chi connectivity index (χ4n) is 1.59. The van der Waals surface area contributed by atoms with Gasteiger partial charge in [-0.3, -0.25) is 15.2 Å². The van der Waals surface area contributed by atoms with E-state index in [2.05, 4.69) is 15.2 Å². The van der Waals surface area contributed by atoms with Gasteiger partial charge in [0.15, 0.2) is 5.82 Å². The summed E-state index contributed by atoms with van der Waals surface area (Å²) in [5, 5.41) is 27.5. The topological polar surface area (TPSA) is 125 Å². The van der Waals surface area contributed by atoms with Crippen molar-refractivity contribution in [1.82, 2.24) is 15.2 Å². The number of benzene rings is 1. The van der Waals surface area contributed by atoms with Crippen molar-refractivity contribution in [2.24, 2.45) is 0 Å². The van der Waals surface area contributed by atoms with E-state index in [1.165, 1.54) is 6.07 Å². The molecule has 2 rings (SSSR count). The van der Waals surface area contributed by atoms with Crippen LogP contribution < -0.4 is 56.5 Å². The van der Waals surface area contributed by atoms with Gasteiger partial charge in [-0.2, -0.15) is 5.10 Å². The van der Waals surface area contributed by atoms with E-state index >= 15 is 0 Å². The van der Waals surface area contributed by atoms with E-state index in [9.17, 15) is 20.0 Å². The molecule has 0 spiro atoms. The first-order chi connectivity index (χ1) is 8.97. The first kappa shape index (κ1) is 16.9. The van der Waals surface area contributed by atoms with Gasteiger partial charge in [0.1, 0.15) is 5.82 Å². The molecule has 0 aliphatic rings. The van der Waals surface area contributed by atoms with Gasteiger partial charge in [-0.1, -0.05) is 12.1 Å². The zero-order valence-corrected chi connectivity index (χ0v) is 14.0. The number of aromatic nitrogens is 3. The first-order valence-corrected chi connectivity index (χ1v) is 5.34. The van der Waals surface area contributed by atoms with Gasteiger partial charge in [-0.25, -0.2) is 4.98 Å². The molecule has 0 fully saturated rings. The molecule has 20 heavy (non-hydrogen) atoms. The van der Waals surface area contributed by atoms with Crippen LogP contribution in [-0.4, -0.2) is 26.1 Å². The fraction of sp³-hybridized carbons (Fsp3) is 0.182. The van der Waals surface area contributed by atoms with E-state index < -0.39 is 10.9 Å². The van der Waals surface area contributed by atoms with Crippen molar-refractivity contribution in [1.29, 1.82) is 0 Å². The Morgan fingerprint density at radius 1 is 1.45 bits per heavy atom. The second-order valence-corrected chi connectivity index (χ2v) is 3.91. The largest absolute Gasteiger partial charge is 1.00 e. The van der Waals surface area contributed by atoms with Crippen molar-refractivity contribution in [2.45, 2.75) is 13.3 Å². The maximum atomic E-state index is 10.8. The zero-order valence-electron chi connectivity index (χ0n) is 10.9. The average molecular weight is 300 g/mol. The molecule has 0 radical (unpaired) electrons. The molecule has 2 aromatic rings. The van der Waals surface area contributed by atoms with Crippen LogP contribution in [0.2, 0.25) is 0 Å². The summed E-state index contributed by atoms with van der Waals surface area (Å²) in [6, 6.07) is 4.57. The molecule has 0 bridgehead atoms. The molecule has 1 aromatic heterocycles. The molecule has 1 N–H and O–H groups in total. The number of hydrogen-bond acceptors (Lipinski definition) is 6. The normalized spacial score (nSPS) is 9.85. The van der Waals surface area contributed by atoms with Crippen LogP contribution in [0.5, 0.6) is 0 Å². The van der Waals surface area contributed by atoms with Gasteiger partial charge in [0, 0.05) is 29.6 Å². The number of hydrogen-bond donors (Lipinski definition) is 1. The number of aromatic amines is 1. The number of carboxylic acids is 1. The summed E-state index contributed by atoms with van der Waals surface area (Å²) in [6.07, 6.45) is -0.388. The maximum Gasteiger partial charge on any atom is 1.00 e. The number of nitro benzene ring substituents is 1. The summed E-state index contributed by atoms with van der Waals surface area (Å²) >= 11 is 0. The number of nitrogens with zero attached hydrogens (tertiary/aromatic N) is 3. The number of aryl methyl sites for hydroxylation is 1. The molecule has 98 valence electrons. The minimum absolute atomic E-state index is 0. The summed E-state index contributed by atoms with van der Waals surface area (Å²) in [5.41, 5.74) is 0.932. The van der Waals surface area contributed by atoms with Gasteiger partial charge in [-0.15, -0.1) is 0 Å². The van der Waals surface area contributed by atoms with Gasteiger partial charge in [0.2, 0.25) is 0 Å². The number of aliphatic carboxylic acids is 1. The summed E-state index contributed by atoms with van der Waals surface area (Å²) in [5.74, 6) is -0.935. The predicted octanol–water partition coefficient (Wildman–Crippen LogP) is -3.02. The summed E-state index contributed by atoms with van der Waals surface area (Å²) in [6.45, 7) is 1.63. The van der Waals surface area contributed by atoms with E-state index in [1.54, 1.807) is 19.1 Å². The molecule has 0 aliphatic heterocycles. The molecule has 9 heteroatoms. The van der Waals surface area contributed by atoms with Crippen LogP contribution in [0.4, 0.5) is 5.69 Å². The molecule has 0 saturated carbocycles. The third-order valence-electron chi connectivity index (χ3n) is 2.51. The second-order valence-electron chi connectivity index (χ2n) is 3.91. The number of carbonyl (C=O) groups is 1. The quantitative estimate of drug-likeness (QED) is 0.364. The molecule has 1 aromatic carbocycles. The molecule has 0 saturated heterocycles. The van der Waals surface area contributed by atoms with E-state index in [1.807, 2.05) is 0 Å². The van der Waals surface area contributed by atoms with Crippen molar-refractivity contribution in [3.8, 4) is 11.4 Å². The number of carbonyl (C=O) groups excluding carboxylic acids is 1. The number of H-pyrrole nitrogens is 1. The van der Waals surface area contributed by atoms with Crippen LogP contribution >= 0.6 is 0 Å². The monoisotopic (exact) mass is 300 g/mol. The predicted molar refractivity (Wildman–Crippen MR) is 61.9 cm³/mol. The summed E-state index contributed by atoms with van der Waals surface area (Å²) in [7, 11) is 0. The maximum absolute atomic E-state index is 10.8. The van der Waals surface area contributed by atoms with Crippen LogP contribution in [0.3, 0.4) is 0 Å². The fourth-order valence-corrected chi connectivity index (χ4v) is 1.59. The molecular weight excluding hydrogens is 291 g/mol. The van der Waals surface area contributed by atoms with Gasteiger partial charge >= 0.3 is 51.4 Å². The smallest absolute Gasteiger partial charge is 0.550 e. The number of nitrogens with one attached hydrogen (secondary N) is 1. The Bertz CT molecular complexity index is 656. The molecule has 0 aliphatic carbocycles. The summed E-state index contributed by atoms with van der Waals surface area (Å²) < 4.78 is 0. The minimum Gasteiger partial charge on any atom is -0.550 e. The van der Waals surface area contributed by atoms with Gasteiger partial charge < -0.3 is 9.90 Å². The van der Waals surface area contributed by atoms with Gasteiger partial charge in [0.25, 0.3) is 5.69 Å². The third kappa shape index (κ3) is 3.93. The number of rotatable bonds is 4. The van der Waals surface area contributed by atoms with Crippen molar-refractivity contribution in [3.63, 3.8) is 0 Å². The van der Waals surface area contributed by atoms with Gasteiger partial charge in [-0.05, 0) is 6.92 Å². The molecule has 0 amide bonds.